The van der Waals surface area contributed by atoms with Gasteiger partial charge in [0.05, 0.1) is 11.6 Å². The van der Waals surface area contributed by atoms with Crippen LogP contribution in [0.5, 0.6) is 0 Å². The summed E-state index contributed by atoms with van der Waals surface area (Å²) in [6.07, 6.45) is -3.49. The minimum atomic E-state index is -4.39. The molecule has 1 heterocycles. The fourth-order valence-electron chi connectivity index (χ4n) is 3.12. The van der Waals surface area contributed by atoms with Gasteiger partial charge in [-0.15, -0.1) is 0 Å². The van der Waals surface area contributed by atoms with Gasteiger partial charge in [0.15, 0.2) is 0 Å². The molecule has 4 nitrogen and oxygen atoms in total. The van der Waals surface area contributed by atoms with E-state index in [1.54, 1.807) is 0 Å². The van der Waals surface area contributed by atoms with Crippen LogP contribution < -0.4 is 0 Å². The number of alkyl halides is 3. The van der Waals surface area contributed by atoms with Crippen molar-refractivity contribution in [2.24, 2.45) is 0 Å². The highest BCUT2D eigenvalue weighted by molar-refractivity contribution is 5.99. The number of nitrogens with zero attached hydrogens (tertiary/aromatic N) is 2. The summed E-state index contributed by atoms with van der Waals surface area (Å²) in [5, 5.41) is 0. The molecule has 2 aromatic carbocycles. The maximum Gasteiger partial charge on any atom is 0.416 e. The van der Waals surface area contributed by atoms with Gasteiger partial charge in [-0.25, -0.2) is 4.79 Å². The van der Waals surface area contributed by atoms with Crippen molar-refractivity contribution in [2.75, 3.05) is 7.05 Å². The number of benzene rings is 2. The van der Waals surface area contributed by atoms with Crippen LogP contribution in [0.25, 0.3) is 0 Å². The van der Waals surface area contributed by atoms with Crippen LogP contribution in [-0.2, 0) is 23.9 Å². The molecule has 0 spiro atoms. The van der Waals surface area contributed by atoms with Crippen molar-refractivity contribution in [3.63, 3.8) is 0 Å². The standard InChI is InChI=1S/C20H19F3N2O2/c1-24(13-15-7-9-16(10-8-15)20(21,22)23)19(27)25-17(12-18(25)26)11-14-5-3-2-4-6-14/h2-10,17H,11-13H2,1H3. The molecule has 1 unspecified atom stereocenters. The number of rotatable bonds is 4. The molecular weight excluding hydrogens is 357 g/mol. The number of urea groups is 1. The molecule has 7 heteroatoms. The third-order valence-electron chi connectivity index (χ3n) is 4.59. The minimum absolute atomic E-state index is 0.124. The minimum Gasteiger partial charge on any atom is -0.323 e. The molecular formula is C20H19F3N2O2. The van der Waals surface area contributed by atoms with Crippen molar-refractivity contribution < 1.29 is 22.8 Å². The molecule has 0 saturated carbocycles. The first-order valence-electron chi connectivity index (χ1n) is 8.53. The van der Waals surface area contributed by atoms with Gasteiger partial charge >= 0.3 is 12.2 Å². The zero-order chi connectivity index (χ0) is 19.6. The van der Waals surface area contributed by atoms with Gasteiger partial charge in [0.1, 0.15) is 0 Å². The molecule has 0 radical (unpaired) electrons. The zero-order valence-electron chi connectivity index (χ0n) is 14.7. The number of carbonyl (C=O) groups is 2. The summed E-state index contributed by atoms with van der Waals surface area (Å²) in [6, 6.07) is 13.6. The molecule has 1 aliphatic heterocycles. The van der Waals surface area contributed by atoms with E-state index < -0.39 is 17.8 Å². The first-order chi connectivity index (χ1) is 12.8. The summed E-state index contributed by atoms with van der Waals surface area (Å²) in [5.41, 5.74) is 0.866. The normalized spacial score (nSPS) is 16.8. The highest BCUT2D eigenvalue weighted by Gasteiger charge is 2.41. The molecule has 1 atom stereocenters. The Morgan fingerprint density at radius 3 is 2.26 bits per heavy atom. The van der Waals surface area contributed by atoms with E-state index in [1.807, 2.05) is 30.3 Å². The van der Waals surface area contributed by atoms with E-state index >= 15 is 0 Å². The lowest BCUT2D eigenvalue weighted by Crippen LogP contribution is -2.59. The van der Waals surface area contributed by atoms with Gasteiger partial charge in [0.2, 0.25) is 5.91 Å². The molecule has 3 amide bonds. The Bertz CT molecular complexity index is 819. The third-order valence-corrected chi connectivity index (χ3v) is 4.59. The largest absolute Gasteiger partial charge is 0.416 e. The fourth-order valence-corrected chi connectivity index (χ4v) is 3.12. The maximum absolute atomic E-state index is 12.6. The Kier molecular flexibility index (Phi) is 5.21. The van der Waals surface area contributed by atoms with Gasteiger partial charge in [-0.2, -0.15) is 13.2 Å². The van der Waals surface area contributed by atoms with Gasteiger partial charge in [-0.05, 0) is 29.7 Å². The number of halogens is 3. The number of amides is 3. The van der Waals surface area contributed by atoms with Crippen LogP contribution in [0.2, 0.25) is 0 Å². The van der Waals surface area contributed by atoms with E-state index in [0.29, 0.717) is 18.4 Å². The molecule has 1 aliphatic rings. The monoisotopic (exact) mass is 376 g/mol. The molecule has 142 valence electrons. The van der Waals surface area contributed by atoms with Crippen LogP contribution in [0.4, 0.5) is 18.0 Å². The van der Waals surface area contributed by atoms with Crippen LogP contribution in [0, 0.1) is 0 Å². The average Bonchev–Trinajstić information content (AvgIpc) is 2.61. The fraction of sp³-hybridized carbons (Fsp3) is 0.300. The lowest BCUT2D eigenvalue weighted by Gasteiger charge is -2.40. The van der Waals surface area contributed by atoms with E-state index in [1.165, 1.54) is 29.0 Å². The molecule has 1 fully saturated rings. The summed E-state index contributed by atoms with van der Waals surface area (Å²) >= 11 is 0. The Labute approximate surface area is 155 Å². The second-order valence-corrected chi connectivity index (χ2v) is 6.64. The van der Waals surface area contributed by atoms with Crippen molar-refractivity contribution in [2.45, 2.75) is 31.6 Å². The first-order valence-corrected chi connectivity index (χ1v) is 8.53. The Balaban J connectivity index is 1.63. The Morgan fingerprint density at radius 2 is 1.70 bits per heavy atom. The number of likely N-dealkylation sites (tertiary alicyclic amines) is 1. The van der Waals surface area contributed by atoms with E-state index in [0.717, 1.165) is 17.7 Å². The highest BCUT2D eigenvalue weighted by Crippen LogP contribution is 2.29. The molecule has 3 rings (SSSR count). The lowest BCUT2D eigenvalue weighted by molar-refractivity contribution is -0.141. The van der Waals surface area contributed by atoms with Gasteiger partial charge in [-0.1, -0.05) is 42.5 Å². The second-order valence-electron chi connectivity index (χ2n) is 6.64. The van der Waals surface area contributed by atoms with Crippen LogP contribution >= 0.6 is 0 Å². The third kappa shape index (κ3) is 4.30. The maximum atomic E-state index is 12.6. The van der Waals surface area contributed by atoms with Crippen LogP contribution in [-0.4, -0.2) is 34.8 Å². The second kappa shape index (κ2) is 7.42. The van der Waals surface area contributed by atoms with Crippen LogP contribution in [0.15, 0.2) is 54.6 Å². The lowest BCUT2D eigenvalue weighted by atomic mass is 9.95. The first kappa shape index (κ1) is 18.9. The summed E-state index contributed by atoms with van der Waals surface area (Å²) in [7, 11) is 1.53. The van der Waals surface area contributed by atoms with Gasteiger partial charge in [-0.3, -0.25) is 9.69 Å². The quantitative estimate of drug-likeness (QED) is 0.754. The molecule has 0 aromatic heterocycles. The highest BCUT2D eigenvalue weighted by atomic mass is 19.4. The number of β-lactam (4-membered cyclic amide) rings is 1. The van der Waals surface area contributed by atoms with Crippen molar-refractivity contribution in [1.82, 2.24) is 9.80 Å². The van der Waals surface area contributed by atoms with E-state index in [2.05, 4.69) is 0 Å². The van der Waals surface area contributed by atoms with Gasteiger partial charge in [0, 0.05) is 20.0 Å². The summed E-state index contributed by atoms with van der Waals surface area (Å²) < 4.78 is 37.9. The van der Waals surface area contributed by atoms with E-state index in [9.17, 15) is 22.8 Å². The van der Waals surface area contributed by atoms with Crippen LogP contribution in [0.1, 0.15) is 23.1 Å². The van der Waals surface area contributed by atoms with Gasteiger partial charge in [0.25, 0.3) is 0 Å². The Hall–Kier alpha value is -2.83. The van der Waals surface area contributed by atoms with Gasteiger partial charge < -0.3 is 4.90 Å². The molecule has 2 aromatic rings. The van der Waals surface area contributed by atoms with Crippen molar-refractivity contribution in [1.29, 1.82) is 0 Å². The summed E-state index contributed by atoms with van der Waals surface area (Å²) in [6.45, 7) is 0.124. The van der Waals surface area contributed by atoms with Crippen LogP contribution in [0.3, 0.4) is 0 Å². The van der Waals surface area contributed by atoms with Crippen molar-refractivity contribution in [3.8, 4) is 0 Å². The predicted molar refractivity (Wildman–Crippen MR) is 93.7 cm³/mol. The summed E-state index contributed by atoms with van der Waals surface area (Å²) in [5.74, 6) is -0.236. The smallest absolute Gasteiger partial charge is 0.323 e. The predicted octanol–water partition coefficient (Wildman–Crippen LogP) is 4.10. The summed E-state index contributed by atoms with van der Waals surface area (Å²) in [4.78, 5) is 27.1. The molecule has 0 aliphatic carbocycles. The zero-order valence-corrected chi connectivity index (χ0v) is 14.7. The van der Waals surface area contributed by atoms with E-state index in [-0.39, 0.29) is 18.5 Å². The number of hydrogen-bond donors (Lipinski definition) is 0. The molecule has 0 N–H and O–H groups in total. The van der Waals surface area contributed by atoms with E-state index in [4.69, 9.17) is 0 Å². The number of hydrogen-bond acceptors (Lipinski definition) is 2. The SMILES string of the molecule is CN(Cc1ccc(C(F)(F)F)cc1)C(=O)N1C(=O)CC1Cc1ccccc1. The van der Waals surface area contributed by atoms with Crippen molar-refractivity contribution >= 4 is 11.9 Å². The topological polar surface area (TPSA) is 40.6 Å². The Morgan fingerprint density at radius 1 is 1.07 bits per heavy atom. The van der Waals surface area contributed by atoms with Crippen molar-refractivity contribution in [3.05, 3.63) is 71.3 Å². The average molecular weight is 376 g/mol. The molecule has 1 saturated heterocycles. The molecule has 27 heavy (non-hydrogen) atoms. The number of carbonyl (C=O) groups excluding carboxylic acids is 2. The molecule has 0 bridgehead atoms. The number of imide groups is 1.